The first-order valence-electron chi connectivity index (χ1n) is 6.91. The molecule has 0 bridgehead atoms. The minimum absolute atomic E-state index is 0.0100. The van der Waals surface area contributed by atoms with Crippen LogP contribution in [-0.4, -0.2) is 42.2 Å². The standard InChI is InChI=1S/C15H25N3O2/c1-11-6-7-13(16)9-14(11)17-15(20)5-4-8-18(3)10-12(2)19/h6-7,9,12,19H,4-5,8,10,16H2,1-3H3,(H,17,20). The lowest BCUT2D eigenvalue weighted by molar-refractivity contribution is -0.116. The maximum Gasteiger partial charge on any atom is 0.224 e. The molecule has 0 saturated heterocycles. The van der Waals surface area contributed by atoms with E-state index in [0.29, 0.717) is 18.7 Å². The molecule has 1 aromatic rings. The third-order valence-electron chi connectivity index (χ3n) is 3.06. The molecule has 1 rings (SSSR count). The number of hydrogen-bond donors (Lipinski definition) is 3. The van der Waals surface area contributed by atoms with Gasteiger partial charge in [0, 0.05) is 24.3 Å². The Labute approximate surface area is 120 Å². The number of likely N-dealkylation sites (N-methyl/N-ethyl adjacent to an activating group) is 1. The fourth-order valence-electron chi connectivity index (χ4n) is 2.04. The summed E-state index contributed by atoms with van der Waals surface area (Å²) in [6, 6.07) is 5.48. The maximum atomic E-state index is 11.9. The highest BCUT2D eigenvalue weighted by atomic mass is 16.3. The Bertz CT molecular complexity index is 447. The Morgan fingerprint density at radius 1 is 1.50 bits per heavy atom. The number of nitrogens with one attached hydrogen (secondary N) is 1. The topological polar surface area (TPSA) is 78.6 Å². The number of benzene rings is 1. The number of anilines is 2. The second-order valence-corrected chi connectivity index (χ2v) is 5.34. The van der Waals surface area contributed by atoms with Crippen molar-refractivity contribution in [2.75, 3.05) is 31.2 Å². The van der Waals surface area contributed by atoms with E-state index in [1.165, 1.54) is 0 Å². The minimum atomic E-state index is -0.344. The monoisotopic (exact) mass is 279 g/mol. The van der Waals surface area contributed by atoms with Crippen molar-refractivity contribution in [1.82, 2.24) is 4.90 Å². The highest BCUT2D eigenvalue weighted by Gasteiger charge is 2.07. The van der Waals surface area contributed by atoms with Gasteiger partial charge < -0.3 is 21.1 Å². The number of carbonyl (C=O) groups excluding carboxylic acids is 1. The molecule has 0 aliphatic rings. The molecule has 5 heteroatoms. The van der Waals surface area contributed by atoms with Crippen LogP contribution in [0.15, 0.2) is 18.2 Å². The molecule has 0 saturated carbocycles. The zero-order valence-electron chi connectivity index (χ0n) is 12.5. The van der Waals surface area contributed by atoms with Gasteiger partial charge in [0.15, 0.2) is 0 Å². The lowest BCUT2D eigenvalue weighted by atomic mass is 10.1. The van der Waals surface area contributed by atoms with Crippen LogP contribution in [0.3, 0.4) is 0 Å². The normalized spacial score (nSPS) is 12.4. The molecular formula is C15H25N3O2. The summed E-state index contributed by atoms with van der Waals surface area (Å²) in [6.07, 6.45) is 0.873. The Morgan fingerprint density at radius 2 is 2.20 bits per heavy atom. The van der Waals surface area contributed by atoms with Crippen molar-refractivity contribution in [2.24, 2.45) is 0 Å². The SMILES string of the molecule is Cc1ccc(N)cc1NC(=O)CCCN(C)CC(C)O. The summed E-state index contributed by atoms with van der Waals surface area (Å²) in [4.78, 5) is 13.9. The molecule has 5 nitrogen and oxygen atoms in total. The third kappa shape index (κ3) is 6.04. The highest BCUT2D eigenvalue weighted by molar-refractivity contribution is 5.91. The van der Waals surface area contributed by atoms with Crippen molar-refractivity contribution in [3.8, 4) is 0 Å². The predicted octanol–water partition coefficient (Wildman–Crippen LogP) is 1.61. The van der Waals surface area contributed by atoms with E-state index in [1.807, 2.05) is 31.0 Å². The quantitative estimate of drug-likeness (QED) is 0.663. The summed E-state index contributed by atoms with van der Waals surface area (Å²) in [5.41, 5.74) is 8.12. The van der Waals surface area contributed by atoms with E-state index < -0.39 is 0 Å². The van der Waals surface area contributed by atoms with E-state index >= 15 is 0 Å². The molecule has 0 radical (unpaired) electrons. The lowest BCUT2D eigenvalue weighted by Gasteiger charge is -2.18. The van der Waals surface area contributed by atoms with Gasteiger partial charge in [0.05, 0.1) is 6.10 Å². The van der Waals surface area contributed by atoms with Crippen LogP contribution in [0.25, 0.3) is 0 Å². The van der Waals surface area contributed by atoms with Crippen LogP contribution in [0.1, 0.15) is 25.3 Å². The second-order valence-electron chi connectivity index (χ2n) is 5.34. The average Bonchev–Trinajstić information content (AvgIpc) is 2.33. The smallest absolute Gasteiger partial charge is 0.224 e. The number of carbonyl (C=O) groups is 1. The van der Waals surface area contributed by atoms with Crippen LogP contribution < -0.4 is 11.1 Å². The van der Waals surface area contributed by atoms with Crippen molar-refractivity contribution < 1.29 is 9.90 Å². The molecule has 0 fully saturated rings. The summed E-state index contributed by atoms with van der Waals surface area (Å²) in [6.45, 7) is 5.10. The van der Waals surface area contributed by atoms with Gasteiger partial charge in [0.25, 0.3) is 0 Å². The van der Waals surface area contributed by atoms with Crippen molar-refractivity contribution in [1.29, 1.82) is 0 Å². The van der Waals surface area contributed by atoms with E-state index in [2.05, 4.69) is 5.32 Å². The first-order valence-corrected chi connectivity index (χ1v) is 6.91. The molecular weight excluding hydrogens is 254 g/mol. The van der Waals surface area contributed by atoms with Crippen LogP contribution in [0.4, 0.5) is 11.4 Å². The van der Waals surface area contributed by atoms with Gasteiger partial charge in [-0.25, -0.2) is 0 Å². The Balaban J connectivity index is 2.35. The summed E-state index contributed by atoms with van der Waals surface area (Å²) in [5, 5.41) is 12.1. The number of hydrogen-bond acceptors (Lipinski definition) is 4. The molecule has 1 unspecified atom stereocenters. The van der Waals surface area contributed by atoms with E-state index in [9.17, 15) is 9.90 Å². The van der Waals surface area contributed by atoms with E-state index in [0.717, 1.165) is 24.2 Å². The van der Waals surface area contributed by atoms with Crippen molar-refractivity contribution >= 4 is 17.3 Å². The molecule has 0 spiro atoms. The van der Waals surface area contributed by atoms with Gasteiger partial charge in [0.1, 0.15) is 0 Å². The van der Waals surface area contributed by atoms with Crippen LogP contribution >= 0.6 is 0 Å². The zero-order valence-corrected chi connectivity index (χ0v) is 12.5. The number of rotatable bonds is 7. The van der Waals surface area contributed by atoms with E-state index in [1.54, 1.807) is 13.0 Å². The average molecular weight is 279 g/mol. The Morgan fingerprint density at radius 3 is 2.85 bits per heavy atom. The lowest BCUT2D eigenvalue weighted by Crippen LogP contribution is -2.28. The van der Waals surface area contributed by atoms with Crippen LogP contribution in [0.2, 0.25) is 0 Å². The first kappa shape index (κ1) is 16.5. The molecule has 1 aromatic carbocycles. The highest BCUT2D eigenvalue weighted by Crippen LogP contribution is 2.18. The maximum absolute atomic E-state index is 11.9. The van der Waals surface area contributed by atoms with Crippen LogP contribution in [-0.2, 0) is 4.79 Å². The largest absolute Gasteiger partial charge is 0.399 e. The van der Waals surface area contributed by atoms with Crippen molar-refractivity contribution in [2.45, 2.75) is 32.8 Å². The zero-order chi connectivity index (χ0) is 15.1. The molecule has 0 aliphatic heterocycles. The van der Waals surface area contributed by atoms with E-state index in [4.69, 9.17) is 5.73 Å². The number of nitrogens with zero attached hydrogens (tertiary/aromatic N) is 1. The van der Waals surface area contributed by atoms with Crippen molar-refractivity contribution in [3.05, 3.63) is 23.8 Å². The van der Waals surface area contributed by atoms with Gasteiger partial charge in [-0.2, -0.15) is 0 Å². The summed E-state index contributed by atoms with van der Waals surface area (Å²) >= 11 is 0. The van der Waals surface area contributed by atoms with Gasteiger partial charge in [-0.05, 0) is 51.6 Å². The number of aryl methyl sites for hydroxylation is 1. The molecule has 20 heavy (non-hydrogen) atoms. The molecule has 1 atom stereocenters. The molecule has 0 aliphatic carbocycles. The van der Waals surface area contributed by atoms with Gasteiger partial charge in [-0.3, -0.25) is 4.79 Å². The number of nitrogen functional groups attached to an aromatic ring is 1. The Kier molecular flexibility index (Phi) is 6.48. The van der Waals surface area contributed by atoms with Gasteiger partial charge in [-0.1, -0.05) is 6.07 Å². The molecule has 1 amide bonds. The summed E-state index contributed by atoms with van der Waals surface area (Å²) in [7, 11) is 1.94. The number of amides is 1. The van der Waals surface area contributed by atoms with Gasteiger partial charge in [0.2, 0.25) is 5.91 Å². The summed E-state index contributed by atoms with van der Waals surface area (Å²) in [5.74, 6) is -0.0100. The van der Waals surface area contributed by atoms with Crippen LogP contribution in [0.5, 0.6) is 0 Å². The predicted molar refractivity (Wildman–Crippen MR) is 82.6 cm³/mol. The fraction of sp³-hybridized carbons (Fsp3) is 0.533. The Hall–Kier alpha value is -1.59. The first-order chi connectivity index (χ1) is 9.38. The number of aliphatic hydroxyl groups excluding tert-OH is 1. The second kappa shape index (κ2) is 7.87. The molecule has 0 aromatic heterocycles. The van der Waals surface area contributed by atoms with E-state index in [-0.39, 0.29) is 12.0 Å². The third-order valence-corrected chi connectivity index (χ3v) is 3.06. The molecule has 4 N–H and O–H groups in total. The van der Waals surface area contributed by atoms with Crippen LogP contribution in [0, 0.1) is 6.92 Å². The molecule has 112 valence electrons. The van der Waals surface area contributed by atoms with Gasteiger partial charge >= 0.3 is 0 Å². The number of nitrogens with two attached hydrogens (primary N) is 1. The number of aliphatic hydroxyl groups is 1. The van der Waals surface area contributed by atoms with Gasteiger partial charge in [-0.15, -0.1) is 0 Å². The minimum Gasteiger partial charge on any atom is -0.399 e. The summed E-state index contributed by atoms with van der Waals surface area (Å²) < 4.78 is 0. The van der Waals surface area contributed by atoms with Crippen molar-refractivity contribution in [3.63, 3.8) is 0 Å². The fourth-order valence-corrected chi connectivity index (χ4v) is 2.04. The molecule has 0 heterocycles.